The first kappa shape index (κ1) is 14.5. The lowest BCUT2D eigenvalue weighted by molar-refractivity contribution is 0.0940. The minimum atomic E-state index is -0.165. The van der Waals surface area contributed by atoms with Gasteiger partial charge < -0.3 is 15.2 Å². The summed E-state index contributed by atoms with van der Waals surface area (Å²) in [5.41, 5.74) is 0.502. The summed E-state index contributed by atoms with van der Waals surface area (Å²) >= 11 is 0. The van der Waals surface area contributed by atoms with E-state index >= 15 is 0 Å². The van der Waals surface area contributed by atoms with Gasteiger partial charge in [0.1, 0.15) is 0 Å². The van der Waals surface area contributed by atoms with Crippen LogP contribution in [0, 0.1) is 5.92 Å². The number of nitrogens with zero attached hydrogens (tertiary/aromatic N) is 1. The monoisotopic (exact) mass is 276 g/mol. The maximum atomic E-state index is 12.0. The van der Waals surface area contributed by atoms with Gasteiger partial charge in [0.2, 0.25) is 5.88 Å². The Labute approximate surface area is 118 Å². The molecule has 0 saturated heterocycles. The van der Waals surface area contributed by atoms with Gasteiger partial charge in [-0.15, -0.1) is 0 Å². The molecule has 1 amide bonds. The van der Waals surface area contributed by atoms with Crippen molar-refractivity contribution in [2.45, 2.75) is 32.4 Å². The minimum absolute atomic E-state index is 0.0220. The van der Waals surface area contributed by atoms with Crippen LogP contribution in [0.4, 0.5) is 0 Å². The third kappa shape index (κ3) is 3.81. The first-order valence-corrected chi connectivity index (χ1v) is 6.81. The van der Waals surface area contributed by atoms with Crippen LogP contribution in [0.5, 0.6) is 5.88 Å². The Hall–Kier alpha value is -1.88. The molecule has 0 aromatic carbocycles. The van der Waals surface area contributed by atoms with E-state index in [1.54, 1.807) is 12.1 Å². The third-order valence-corrected chi connectivity index (χ3v) is 3.08. The van der Waals surface area contributed by atoms with Crippen molar-refractivity contribution < 1.29 is 14.6 Å². The molecule has 0 unspecified atom stereocenters. The zero-order valence-electron chi connectivity index (χ0n) is 11.7. The summed E-state index contributed by atoms with van der Waals surface area (Å²) in [5, 5.41) is 12.0. The van der Waals surface area contributed by atoms with Gasteiger partial charge in [-0.25, -0.2) is 4.98 Å². The smallest absolute Gasteiger partial charge is 0.253 e. The zero-order chi connectivity index (χ0) is 14.5. The lowest BCUT2D eigenvalue weighted by Crippen LogP contribution is -2.33. The number of carbonyl (C=O) groups is 1. The quantitative estimate of drug-likeness (QED) is 0.800. The van der Waals surface area contributed by atoms with Crippen molar-refractivity contribution >= 4 is 5.91 Å². The molecule has 1 aromatic rings. The fraction of sp³-hybridized carbons (Fsp3) is 0.467. The fourth-order valence-corrected chi connectivity index (χ4v) is 2.09. The molecule has 5 heteroatoms. The van der Waals surface area contributed by atoms with Gasteiger partial charge in [0.25, 0.3) is 5.91 Å². The molecule has 20 heavy (non-hydrogen) atoms. The highest BCUT2D eigenvalue weighted by atomic mass is 16.5. The molecule has 0 fully saturated rings. The van der Waals surface area contributed by atoms with Gasteiger partial charge in [0, 0.05) is 30.8 Å². The number of hydrogen-bond acceptors (Lipinski definition) is 4. The molecule has 0 spiro atoms. The van der Waals surface area contributed by atoms with E-state index in [0.29, 0.717) is 11.4 Å². The summed E-state index contributed by atoms with van der Waals surface area (Å²) in [4.78, 5) is 16.1. The van der Waals surface area contributed by atoms with E-state index in [-0.39, 0.29) is 30.6 Å². The highest BCUT2D eigenvalue weighted by Crippen LogP contribution is 2.17. The second-order valence-electron chi connectivity index (χ2n) is 5.19. The molecule has 2 rings (SSSR count). The number of aromatic nitrogens is 1. The lowest BCUT2D eigenvalue weighted by atomic mass is 10.1. The maximum Gasteiger partial charge on any atom is 0.253 e. The fourth-order valence-electron chi connectivity index (χ4n) is 2.09. The van der Waals surface area contributed by atoms with Crippen LogP contribution in [0.15, 0.2) is 30.5 Å². The number of ether oxygens (including phenoxy) is 1. The molecule has 1 aliphatic rings. The SMILES string of the molecule is CC(C)Oc1ccc(C(=O)N[C@@H]2C=C[C@H](CO)C2)cn1. The number of pyridine rings is 1. The van der Waals surface area contributed by atoms with Crippen LogP contribution in [0.25, 0.3) is 0 Å². The highest BCUT2D eigenvalue weighted by molar-refractivity contribution is 5.94. The molecule has 0 radical (unpaired) electrons. The lowest BCUT2D eigenvalue weighted by Gasteiger charge is -2.13. The van der Waals surface area contributed by atoms with Gasteiger partial charge in [0.15, 0.2) is 0 Å². The van der Waals surface area contributed by atoms with Gasteiger partial charge in [-0.05, 0) is 26.3 Å². The number of carbonyl (C=O) groups excluding carboxylic acids is 1. The number of aliphatic hydroxyl groups excluding tert-OH is 1. The topological polar surface area (TPSA) is 71.5 Å². The average molecular weight is 276 g/mol. The van der Waals surface area contributed by atoms with Crippen molar-refractivity contribution in [2.24, 2.45) is 5.92 Å². The third-order valence-electron chi connectivity index (χ3n) is 3.08. The molecule has 2 atom stereocenters. The molecule has 0 bridgehead atoms. The van der Waals surface area contributed by atoms with E-state index in [2.05, 4.69) is 10.3 Å². The van der Waals surface area contributed by atoms with E-state index in [9.17, 15) is 4.79 Å². The van der Waals surface area contributed by atoms with Crippen LogP contribution in [0.2, 0.25) is 0 Å². The molecular weight excluding hydrogens is 256 g/mol. The molecule has 2 N–H and O–H groups in total. The molecule has 5 nitrogen and oxygen atoms in total. The highest BCUT2D eigenvalue weighted by Gasteiger charge is 2.20. The van der Waals surface area contributed by atoms with Crippen molar-refractivity contribution in [2.75, 3.05) is 6.61 Å². The van der Waals surface area contributed by atoms with Crippen LogP contribution >= 0.6 is 0 Å². The summed E-state index contributed by atoms with van der Waals surface area (Å²) in [5.74, 6) is 0.486. The van der Waals surface area contributed by atoms with Crippen LogP contribution in [0.3, 0.4) is 0 Å². The van der Waals surface area contributed by atoms with Gasteiger partial charge in [-0.3, -0.25) is 4.79 Å². The molecule has 0 saturated carbocycles. The Bertz CT molecular complexity index is 482. The Balaban J connectivity index is 1.91. The Morgan fingerprint density at radius 2 is 2.30 bits per heavy atom. The number of hydrogen-bond donors (Lipinski definition) is 2. The summed E-state index contributed by atoms with van der Waals surface area (Å²) < 4.78 is 5.43. The minimum Gasteiger partial charge on any atom is -0.475 e. The van der Waals surface area contributed by atoms with Crippen molar-refractivity contribution in [1.29, 1.82) is 0 Å². The first-order valence-electron chi connectivity index (χ1n) is 6.81. The second kappa shape index (κ2) is 6.52. The Morgan fingerprint density at radius 1 is 1.50 bits per heavy atom. The average Bonchev–Trinajstić information content (AvgIpc) is 2.86. The maximum absolute atomic E-state index is 12.0. The van der Waals surface area contributed by atoms with Crippen LogP contribution in [-0.4, -0.2) is 34.8 Å². The summed E-state index contributed by atoms with van der Waals surface area (Å²) in [6.07, 6.45) is 6.16. The predicted molar refractivity (Wildman–Crippen MR) is 75.6 cm³/mol. The van der Waals surface area contributed by atoms with Crippen LogP contribution in [-0.2, 0) is 0 Å². The van der Waals surface area contributed by atoms with E-state index in [4.69, 9.17) is 9.84 Å². The Kier molecular flexibility index (Phi) is 4.74. The van der Waals surface area contributed by atoms with Gasteiger partial charge in [-0.1, -0.05) is 12.2 Å². The molecule has 108 valence electrons. The van der Waals surface area contributed by atoms with Gasteiger partial charge in [-0.2, -0.15) is 0 Å². The van der Waals surface area contributed by atoms with Gasteiger partial charge in [0.05, 0.1) is 11.7 Å². The van der Waals surface area contributed by atoms with Crippen molar-refractivity contribution in [3.63, 3.8) is 0 Å². The molecule has 0 aliphatic heterocycles. The number of rotatable bonds is 5. The van der Waals surface area contributed by atoms with Gasteiger partial charge >= 0.3 is 0 Å². The number of aliphatic hydroxyl groups is 1. The van der Waals surface area contributed by atoms with Crippen molar-refractivity contribution in [3.05, 3.63) is 36.0 Å². The van der Waals surface area contributed by atoms with Crippen LogP contribution in [0.1, 0.15) is 30.6 Å². The zero-order valence-corrected chi connectivity index (χ0v) is 11.7. The summed E-state index contributed by atoms with van der Waals surface area (Å²) in [6, 6.07) is 3.37. The molecule has 1 aliphatic carbocycles. The molecule has 1 heterocycles. The molecule has 1 aromatic heterocycles. The summed E-state index contributed by atoms with van der Waals surface area (Å²) in [6.45, 7) is 3.96. The van der Waals surface area contributed by atoms with E-state index < -0.39 is 0 Å². The van der Waals surface area contributed by atoms with E-state index in [1.165, 1.54) is 6.20 Å². The second-order valence-corrected chi connectivity index (χ2v) is 5.19. The van der Waals surface area contributed by atoms with E-state index in [1.807, 2.05) is 26.0 Å². The van der Waals surface area contributed by atoms with E-state index in [0.717, 1.165) is 6.42 Å². The largest absolute Gasteiger partial charge is 0.475 e. The van der Waals surface area contributed by atoms with Crippen LogP contribution < -0.4 is 10.1 Å². The number of nitrogens with one attached hydrogen (secondary N) is 1. The van der Waals surface area contributed by atoms with Crippen molar-refractivity contribution in [3.8, 4) is 5.88 Å². The van der Waals surface area contributed by atoms with Crippen molar-refractivity contribution in [1.82, 2.24) is 10.3 Å². The normalized spacial score (nSPS) is 21.2. The first-order chi connectivity index (χ1) is 9.58. The Morgan fingerprint density at radius 3 is 2.85 bits per heavy atom. The predicted octanol–water partition coefficient (Wildman–Crippen LogP) is 1.54. The number of amides is 1. The standard InChI is InChI=1S/C15H20N2O3/c1-10(2)20-14-6-4-12(8-16-14)15(19)17-13-5-3-11(7-13)9-18/h3-6,8,10-11,13,18H,7,9H2,1-2H3,(H,17,19)/t11-,13+/m0/s1. The molecular formula is C15H20N2O3. The summed E-state index contributed by atoms with van der Waals surface area (Å²) in [7, 11) is 0.